The van der Waals surface area contributed by atoms with Crippen LogP contribution >= 0.6 is 0 Å². The smallest absolute Gasteiger partial charge is 0.263 e. The third-order valence-electron chi connectivity index (χ3n) is 7.22. The average molecular weight is 486 g/mol. The Morgan fingerprint density at radius 1 is 0.972 bits per heavy atom. The van der Waals surface area contributed by atoms with Gasteiger partial charge in [-0.15, -0.1) is 0 Å². The molecule has 0 spiro atoms. The van der Waals surface area contributed by atoms with E-state index in [0.29, 0.717) is 18.2 Å². The Bertz CT molecular complexity index is 1150. The Balaban J connectivity index is 1.16. The monoisotopic (exact) mass is 485 g/mol. The fourth-order valence-electron chi connectivity index (χ4n) is 5.16. The lowest BCUT2D eigenvalue weighted by molar-refractivity contribution is -0.126. The van der Waals surface area contributed by atoms with Crippen LogP contribution in [0.2, 0.25) is 0 Å². The number of hydrogen-bond acceptors (Lipinski definition) is 6. The van der Waals surface area contributed by atoms with Crippen molar-refractivity contribution in [1.29, 1.82) is 0 Å². The van der Waals surface area contributed by atoms with Gasteiger partial charge in [-0.05, 0) is 49.8 Å². The summed E-state index contributed by atoms with van der Waals surface area (Å²) in [6.07, 6.45) is 7.15. The van der Waals surface area contributed by atoms with Crippen LogP contribution in [0.4, 0.5) is 5.82 Å². The van der Waals surface area contributed by atoms with Crippen molar-refractivity contribution in [3.63, 3.8) is 0 Å². The van der Waals surface area contributed by atoms with Crippen molar-refractivity contribution in [2.45, 2.75) is 45.2 Å². The first-order valence-corrected chi connectivity index (χ1v) is 13.0. The second-order valence-corrected chi connectivity index (χ2v) is 9.88. The Labute approximate surface area is 213 Å². The van der Waals surface area contributed by atoms with E-state index in [1.54, 1.807) is 12.4 Å². The molecule has 7 heteroatoms. The first-order valence-electron chi connectivity index (χ1n) is 13.0. The molecular weight excluding hydrogens is 450 g/mol. The van der Waals surface area contributed by atoms with Crippen molar-refractivity contribution < 1.29 is 9.53 Å². The van der Waals surface area contributed by atoms with Gasteiger partial charge in [-0.1, -0.05) is 48.5 Å². The molecule has 188 valence electrons. The van der Waals surface area contributed by atoms with E-state index in [1.807, 2.05) is 31.2 Å². The normalized spacial score (nSPS) is 19.1. The number of anilines is 1. The number of para-hydroxylation sites is 1. The molecule has 1 aromatic heterocycles. The molecule has 0 radical (unpaired) electrons. The molecule has 36 heavy (non-hydrogen) atoms. The van der Waals surface area contributed by atoms with Crippen LogP contribution in [0.25, 0.3) is 0 Å². The zero-order valence-corrected chi connectivity index (χ0v) is 21.0. The SMILES string of the molecule is Cc1ccccc1Oc1nccnc1N1CCC[C@@H](C(=O)NC2CCN(Cc3ccccc3)CC2)C1. The van der Waals surface area contributed by atoms with Crippen LogP contribution in [0.15, 0.2) is 67.0 Å². The first-order chi connectivity index (χ1) is 17.7. The van der Waals surface area contributed by atoms with Gasteiger partial charge in [0.2, 0.25) is 5.91 Å². The number of benzene rings is 2. The zero-order valence-electron chi connectivity index (χ0n) is 21.0. The van der Waals surface area contributed by atoms with Gasteiger partial charge < -0.3 is 15.0 Å². The summed E-state index contributed by atoms with van der Waals surface area (Å²) in [6, 6.07) is 18.7. The van der Waals surface area contributed by atoms with E-state index in [9.17, 15) is 4.79 Å². The molecule has 0 aliphatic carbocycles. The average Bonchev–Trinajstić information content (AvgIpc) is 2.92. The zero-order chi connectivity index (χ0) is 24.7. The van der Waals surface area contributed by atoms with Gasteiger partial charge in [-0.25, -0.2) is 9.97 Å². The number of aromatic nitrogens is 2. The van der Waals surface area contributed by atoms with Gasteiger partial charge in [0.15, 0.2) is 5.82 Å². The predicted molar refractivity (Wildman–Crippen MR) is 141 cm³/mol. The Morgan fingerprint density at radius 3 is 2.53 bits per heavy atom. The quantitative estimate of drug-likeness (QED) is 0.529. The highest BCUT2D eigenvalue weighted by molar-refractivity contribution is 5.80. The molecule has 1 N–H and O–H groups in total. The van der Waals surface area contributed by atoms with Crippen molar-refractivity contribution in [3.05, 3.63) is 78.1 Å². The number of likely N-dealkylation sites (tertiary alicyclic amines) is 1. The summed E-state index contributed by atoms with van der Waals surface area (Å²) in [5.74, 6) is 2.05. The number of rotatable bonds is 7. The summed E-state index contributed by atoms with van der Waals surface area (Å²) in [6.45, 7) is 6.47. The van der Waals surface area contributed by atoms with Gasteiger partial charge in [0.25, 0.3) is 5.88 Å². The summed E-state index contributed by atoms with van der Waals surface area (Å²) in [7, 11) is 0. The highest BCUT2D eigenvalue weighted by Gasteiger charge is 2.30. The number of piperidine rings is 2. The van der Waals surface area contributed by atoms with E-state index in [-0.39, 0.29) is 17.9 Å². The van der Waals surface area contributed by atoms with Gasteiger partial charge in [0.1, 0.15) is 5.75 Å². The van der Waals surface area contributed by atoms with Crippen LogP contribution in [0.5, 0.6) is 11.6 Å². The van der Waals surface area contributed by atoms with Crippen molar-refractivity contribution in [2.75, 3.05) is 31.1 Å². The fourth-order valence-corrected chi connectivity index (χ4v) is 5.16. The standard InChI is InChI=1S/C29H35N5O2/c1-22-8-5-6-12-26(22)36-29-27(30-15-16-31-29)34-17-7-11-24(21-34)28(35)32-25-13-18-33(19-14-25)20-23-9-3-2-4-10-23/h2-6,8-10,12,15-16,24-25H,7,11,13-14,17-21H2,1H3,(H,32,35)/t24-/m1/s1. The summed E-state index contributed by atoms with van der Waals surface area (Å²) in [5.41, 5.74) is 2.39. The number of nitrogens with zero attached hydrogens (tertiary/aromatic N) is 4. The van der Waals surface area contributed by atoms with Gasteiger partial charge in [0.05, 0.1) is 5.92 Å². The predicted octanol–water partition coefficient (Wildman–Crippen LogP) is 4.57. The molecule has 3 aromatic rings. The minimum absolute atomic E-state index is 0.0607. The lowest BCUT2D eigenvalue weighted by Gasteiger charge is -2.36. The van der Waals surface area contributed by atoms with E-state index < -0.39 is 0 Å². The number of amides is 1. The molecule has 3 heterocycles. The number of nitrogens with one attached hydrogen (secondary N) is 1. The maximum Gasteiger partial charge on any atom is 0.263 e. The highest BCUT2D eigenvalue weighted by atomic mass is 16.5. The summed E-state index contributed by atoms with van der Waals surface area (Å²) in [4.78, 5) is 26.9. The minimum atomic E-state index is -0.0607. The lowest BCUT2D eigenvalue weighted by Crippen LogP contribution is -2.49. The van der Waals surface area contributed by atoms with E-state index in [0.717, 1.165) is 63.2 Å². The minimum Gasteiger partial charge on any atom is -0.436 e. The van der Waals surface area contributed by atoms with Crippen LogP contribution in [0.1, 0.15) is 36.8 Å². The third kappa shape index (κ3) is 6.02. The van der Waals surface area contributed by atoms with Crippen molar-refractivity contribution >= 4 is 11.7 Å². The molecular formula is C29H35N5O2. The van der Waals surface area contributed by atoms with Gasteiger partial charge in [-0.3, -0.25) is 9.69 Å². The maximum absolute atomic E-state index is 13.2. The molecule has 7 nitrogen and oxygen atoms in total. The van der Waals surface area contributed by atoms with E-state index in [4.69, 9.17) is 4.74 Å². The van der Waals surface area contributed by atoms with E-state index in [1.165, 1.54) is 5.56 Å². The fraction of sp³-hybridized carbons (Fsp3) is 0.414. The molecule has 2 saturated heterocycles. The number of aryl methyl sites for hydroxylation is 1. The molecule has 0 unspecified atom stereocenters. The van der Waals surface area contributed by atoms with E-state index >= 15 is 0 Å². The number of ether oxygens (including phenoxy) is 1. The molecule has 1 atom stereocenters. The van der Waals surface area contributed by atoms with E-state index in [2.05, 4.69) is 55.4 Å². The lowest BCUT2D eigenvalue weighted by atomic mass is 9.95. The van der Waals surface area contributed by atoms with Crippen molar-refractivity contribution in [1.82, 2.24) is 20.2 Å². The maximum atomic E-state index is 13.2. The molecule has 1 amide bonds. The summed E-state index contributed by atoms with van der Waals surface area (Å²) in [5, 5.41) is 3.35. The molecule has 2 fully saturated rings. The number of hydrogen-bond donors (Lipinski definition) is 1. The highest BCUT2D eigenvalue weighted by Crippen LogP contribution is 2.32. The van der Waals surface area contributed by atoms with Crippen molar-refractivity contribution in [3.8, 4) is 11.6 Å². The van der Waals surface area contributed by atoms with Gasteiger partial charge in [0, 0.05) is 51.2 Å². The summed E-state index contributed by atoms with van der Waals surface area (Å²) < 4.78 is 6.14. The number of carbonyl (C=O) groups is 1. The Kier molecular flexibility index (Phi) is 7.76. The largest absolute Gasteiger partial charge is 0.436 e. The third-order valence-corrected chi connectivity index (χ3v) is 7.22. The molecule has 2 aliphatic rings. The Hall–Kier alpha value is -3.45. The molecule has 0 bridgehead atoms. The number of carbonyl (C=O) groups excluding carboxylic acids is 1. The van der Waals surface area contributed by atoms with Crippen LogP contribution in [0.3, 0.4) is 0 Å². The van der Waals surface area contributed by atoms with Crippen molar-refractivity contribution in [2.24, 2.45) is 5.92 Å². The topological polar surface area (TPSA) is 70.6 Å². The summed E-state index contributed by atoms with van der Waals surface area (Å²) >= 11 is 0. The molecule has 0 saturated carbocycles. The molecule has 2 aliphatic heterocycles. The van der Waals surface area contributed by atoms with Gasteiger partial charge in [-0.2, -0.15) is 0 Å². The van der Waals surface area contributed by atoms with Gasteiger partial charge >= 0.3 is 0 Å². The second kappa shape index (κ2) is 11.5. The molecule has 5 rings (SSSR count). The van der Waals surface area contributed by atoms with Crippen LogP contribution in [0, 0.1) is 12.8 Å². The molecule has 2 aromatic carbocycles. The van der Waals surface area contributed by atoms with Crippen LogP contribution < -0.4 is 15.0 Å². The second-order valence-electron chi connectivity index (χ2n) is 9.88. The first kappa shape index (κ1) is 24.3. The Morgan fingerprint density at radius 2 is 1.72 bits per heavy atom. The van der Waals surface area contributed by atoms with Crippen LogP contribution in [-0.2, 0) is 11.3 Å². The van der Waals surface area contributed by atoms with Crippen LogP contribution in [-0.4, -0.2) is 53.0 Å².